The van der Waals surface area contributed by atoms with Crippen LogP contribution in [0.4, 0.5) is 0 Å². The van der Waals surface area contributed by atoms with Crippen molar-refractivity contribution in [3.05, 3.63) is 12.2 Å². The number of allylic oxidation sites excluding steroid dienone is 2. The zero-order valence-electron chi connectivity index (χ0n) is 20.0. The Kier molecular flexibility index (Phi) is 24.2. The van der Waals surface area contributed by atoms with Gasteiger partial charge in [0.25, 0.3) is 0 Å². The highest BCUT2D eigenvalue weighted by Gasteiger charge is 2.26. The van der Waals surface area contributed by atoms with Gasteiger partial charge < -0.3 is 10.2 Å². The summed E-state index contributed by atoms with van der Waals surface area (Å²) in [5.41, 5.74) is 0. The second-order valence-corrected chi connectivity index (χ2v) is 9.71. The largest absolute Gasteiger partial charge is 0.474 e. The minimum absolute atomic E-state index is 0.0362. The maximum absolute atomic E-state index is 12.5. The van der Waals surface area contributed by atoms with E-state index in [1.54, 1.807) is 0 Å². The SMILES string of the molecule is CCCCCCCC/C=C\CCCCCCCCOP(=O)(OCCCO)OCCCO. The lowest BCUT2D eigenvalue weighted by molar-refractivity contribution is 0.100. The molecule has 0 spiro atoms. The van der Waals surface area contributed by atoms with Crippen LogP contribution in [0, 0.1) is 0 Å². The number of rotatable bonds is 25. The molecule has 2 N–H and O–H groups in total. The number of unbranched alkanes of at least 4 members (excludes halogenated alkanes) is 12. The van der Waals surface area contributed by atoms with Gasteiger partial charge in [0, 0.05) is 13.2 Å². The van der Waals surface area contributed by atoms with Crippen LogP contribution >= 0.6 is 7.82 Å². The van der Waals surface area contributed by atoms with Gasteiger partial charge >= 0.3 is 7.82 Å². The minimum atomic E-state index is -3.60. The Hall–Kier alpha value is -0.230. The molecule has 0 saturated carbocycles. The molecule has 6 nitrogen and oxygen atoms in total. The molecule has 0 atom stereocenters. The van der Waals surface area contributed by atoms with Crippen molar-refractivity contribution in [2.75, 3.05) is 33.0 Å². The van der Waals surface area contributed by atoms with Crippen LogP contribution < -0.4 is 0 Å². The Morgan fingerprint density at radius 2 is 0.968 bits per heavy atom. The third-order valence-electron chi connectivity index (χ3n) is 5.01. The summed E-state index contributed by atoms with van der Waals surface area (Å²) in [6.07, 6.45) is 22.7. The van der Waals surface area contributed by atoms with Crippen molar-refractivity contribution < 1.29 is 28.3 Å². The van der Waals surface area contributed by atoms with E-state index in [1.165, 1.54) is 70.6 Å². The van der Waals surface area contributed by atoms with Crippen molar-refractivity contribution in [3.63, 3.8) is 0 Å². The molecule has 0 aromatic carbocycles. The van der Waals surface area contributed by atoms with Crippen molar-refractivity contribution in [3.8, 4) is 0 Å². The number of aliphatic hydroxyl groups excluding tert-OH is 2. The second kappa shape index (κ2) is 24.4. The van der Waals surface area contributed by atoms with Gasteiger partial charge in [-0.15, -0.1) is 0 Å². The van der Waals surface area contributed by atoms with Gasteiger partial charge in [-0.2, -0.15) is 0 Å². The summed E-state index contributed by atoms with van der Waals surface area (Å²) in [5.74, 6) is 0. The lowest BCUT2D eigenvalue weighted by Crippen LogP contribution is -2.05. The summed E-state index contributed by atoms with van der Waals surface area (Å²) in [5, 5.41) is 17.6. The van der Waals surface area contributed by atoms with E-state index in [9.17, 15) is 4.57 Å². The summed E-state index contributed by atoms with van der Waals surface area (Å²) >= 11 is 0. The highest BCUT2D eigenvalue weighted by molar-refractivity contribution is 7.48. The first kappa shape index (κ1) is 30.8. The lowest BCUT2D eigenvalue weighted by Gasteiger charge is -2.17. The van der Waals surface area contributed by atoms with Crippen LogP contribution in [0.15, 0.2) is 12.2 Å². The quantitative estimate of drug-likeness (QED) is 0.0864. The van der Waals surface area contributed by atoms with Gasteiger partial charge in [-0.3, -0.25) is 13.6 Å². The first-order valence-electron chi connectivity index (χ1n) is 12.6. The Morgan fingerprint density at radius 1 is 0.581 bits per heavy atom. The first-order chi connectivity index (χ1) is 15.2. The summed E-state index contributed by atoms with van der Waals surface area (Å²) < 4.78 is 28.3. The highest BCUT2D eigenvalue weighted by Crippen LogP contribution is 2.49. The van der Waals surface area contributed by atoms with Crippen LogP contribution in [0.3, 0.4) is 0 Å². The molecular formula is C24H49O6P. The van der Waals surface area contributed by atoms with E-state index < -0.39 is 7.82 Å². The Labute approximate surface area is 191 Å². The molecule has 7 heteroatoms. The molecule has 31 heavy (non-hydrogen) atoms. The zero-order valence-corrected chi connectivity index (χ0v) is 20.9. The molecule has 0 aromatic rings. The van der Waals surface area contributed by atoms with Gasteiger partial charge in [0.2, 0.25) is 0 Å². The molecule has 186 valence electrons. The number of hydrogen-bond acceptors (Lipinski definition) is 6. The summed E-state index contributed by atoms with van der Waals surface area (Å²) in [6.45, 7) is 2.77. The van der Waals surface area contributed by atoms with Gasteiger partial charge in [0.1, 0.15) is 0 Å². The van der Waals surface area contributed by atoms with Crippen LogP contribution in [-0.2, 0) is 18.1 Å². The fourth-order valence-electron chi connectivity index (χ4n) is 3.12. The van der Waals surface area contributed by atoms with Crippen LogP contribution in [0.2, 0.25) is 0 Å². The molecule has 0 aliphatic carbocycles. The fourth-order valence-corrected chi connectivity index (χ4v) is 4.40. The average molecular weight is 465 g/mol. The van der Waals surface area contributed by atoms with Gasteiger partial charge in [-0.25, -0.2) is 4.57 Å². The Balaban J connectivity index is 3.58. The molecular weight excluding hydrogens is 415 g/mol. The Morgan fingerprint density at radius 3 is 1.42 bits per heavy atom. The number of aliphatic hydroxyl groups is 2. The van der Waals surface area contributed by atoms with Gasteiger partial charge in [0.15, 0.2) is 0 Å². The topological polar surface area (TPSA) is 85.2 Å². The van der Waals surface area contributed by atoms with Crippen molar-refractivity contribution in [2.45, 2.75) is 110 Å². The molecule has 0 rings (SSSR count). The van der Waals surface area contributed by atoms with E-state index in [2.05, 4.69) is 19.1 Å². The predicted octanol–water partition coefficient (Wildman–Crippen LogP) is 6.95. The molecule has 0 heterocycles. The first-order valence-corrected chi connectivity index (χ1v) is 14.0. The van der Waals surface area contributed by atoms with Crippen LogP contribution in [0.5, 0.6) is 0 Å². The summed E-state index contributed by atoms with van der Waals surface area (Å²) in [4.78, 5) is 0. The van der Waals surface area contributed by atoms with Crippen LogP contribution in [0.25, 0.3) is 0 Å². The maximum atomic E-state index is 12.5. The van der Waals surface area contributed by atoms with E-state index in [0.717, 1.165) is 19.3 Å². The molecule has 0 aromatic heterocycles. The van der Waals surface area contributed by atoms with E-state index in [1.807, 2.05) is 0 Å². The third kappa shape index (κ3) is 22.7. The normalized spacial score (nSPS) is 12.2. The molecule has 0 fully saturated rings. The standard InChI is InChI=1S/C24H49O6P/c1-2-3-4-5-6-7-8-9-10-11-12-13-14-15-16-17-22-28-31(27,29-23-18-20-25)30-24-19-21-26/h9-10,25-26H,2-8,11-24H2,1H3/b10-9-. The maximum Gasteiger partial charge on any atom is 0.474 e. The van der Waals surface area contributed by atoms with Crippen molar-refractivity contribution in [1.29, 1.82) is 0 Å². The molecule has 0 aliphatic heterocycles. The van der Waals surface area contributed by atoms with Gasteiger partial charge in [-0.05, 0) is 44.9 Å². The average Bonchev–Trinajstić information content (AvgIpc) is 2.76. The third-order valence-corrected chi connectivity index (χ3v) is 6.51. The molecule has 0 aliphatic rings. The number of phosphoric acid groups is 1. The minimum Gasteiger partial charge on any atom is -0.396 e. The van der Waals surface area contributed by atoms with Crippen LogP contribution in [0.1, 0.15) is 110 Å². The molecule has 0 radical (unpaired) electrons. The Bertz CT molecular complexity index is 416. The smallest absolute Gasteiger partial charge is 0.396 e. The predicted molar refractivity (Wildman–Crippen MR) is 128 cm³/mol. The van der Waals surface area contributed by atoms with Gasteiger partial charge in [0.05, 0.1) is 19.8 Å². The van der Waals surface area contributed by atoms with E-state index >= 15 is 0 Å². The van der Waals surface area contributed by atoms with Crippen molar-refractivity contribution >= 4 is 7.82 Å². The molecule has 0 unspecified atom stereocenters. The highest BCUT2D eigenvalue weighted by atomic mass is 31.2. The van der Waals surface area contributed by atoms with E-state index in [-0.39, 0.29) is 26.4 Å². The monoisotopic (exact) mass is 464 g/mol. The number of hydrogen-bond donors (Lipinski definition) is 2. The molecule has 0 bridgehead atoms. The van der Waals surface area contributed by atoms with Crippen molar-refractivity contribution in [1.82, 2.24) is 0 Å². The lowest BCUT2D eigenvalue weighted by atomic mass is 10.1. The van der Waals surface area contributed by atoms with Crippen LogP contribution in [-0.4, -0.2) is 43.2 Å². The van der Waals surface area contributed by atoms with E-state index in [4.69, 9.17) is 23.8 Å². The number of phosphoric ester groups is 1. The molecule has 0 saturated heterocycles. The zero-order chi connectivity index (χ0) is 22.9. The molecule has 0 amide bonds. The summed E-state index contributed by atoms with van der Waals surface area (Å²) in [7, 11) is -3.60. The fraction of sp³-hybridized carbons (Fsp3) is 0.917. The van der Waals surface area contributed by atoms with Gasteiger partial charge in [-0.1, -0.05) is 76.9 Å². The summed E-state index contributed by atoms with van der Waals surface area (Å²) in [6, 6.07) is 0. The van der Waals surface area contributed by atoms with Crippen molar-refractivity contribution in [2.24, 2.45) is 0 Å². The van der Waals surface area contributed by atoms with E-state index in [0.29, 0.717) is 19.4 Å². The second-order valence-electron chi connectivity index (χ2n) is 8.04.